The molecule has 0 spiro atoms. The van der Waals surface area contributed by atoms with E-state index in [1.807, 2.05) is 63.4 Å². The van der Waals surface area contributed by atoms with Gasteiger partial charge in [0.1, 0.15) is 6.04 Å². The lowest BCUT2D eigenvalue weighted by molar-refractivity contribution is -0.122. The number of rotatable bonds is 10. The molecule has 0 saturated carbocycles. The molecule has 0 aliphatic carbocycles. The Morgan fingerprint density at radius 3 is 2.21 bits per heavy atom. The summed E-state index contributed by atoms with van der Waals surface area (Å²) in [5, 5.41) is 2.90. The van der Waals surface area contributed by atoms with Crippen LogP contribution in [0.4, 0.5) is 11.4 Å². The van der Waals surface area contributed by atoms with Gasteiger partial charge in [-0.3, -0.25) is 9.10 Å². The molecule has 0 radical (unpaired) electrons. The fourth-order valence-electron chi connectivity index (χ4n) is 3.21. The maximum atomic E-state index is 12.8. The average molecular weight is 418 g/mol. The highest BCUT2D eigenvalue weighted by Gasteiger charge is 2.31. The van der Waals surface area contributed by atoms with Crippen LogP contribution >= 0.6 is 0 Å². The van der Waals surface area contributed by atoms with Gasteiger partial charge in [-0.15, -0.1) is 0 Å². The zero-order valence-corrected chi connectivity index (χ0v) is 18.4. The zero-order chi connectivity index (χ0) is 21.4. The van der Waals surface area contributed by atoms with Crippen LogP contribution in [0.25, 0.3) is 0 Å². The molecule has 2 aromatic carbocycles. The van der Waals surface area contributed by atoms with E-state index in [1.54, 1.807) is 12.1 Å². The molecule has 7 heteroatoms. The Labute approximate surface area is 174 Å². The molecule has 1 atom stereocenters. The summed E-state index contributed by atoms with van der Waals surface area (Å²) in [6, 6.07) is 16.4. The van der Waals surface area contributed by atoms with Crippen LogP contribution in [0, 0.1) is 6.92 Å². The summed E-state index contributed by atoms with van der Waals surface area (Å²) in [5.74, 6) is -0.277. The monoisotopic (exact) mass is 417 g/mol. The van der Waals surface area contributed by atoms with Crippen LogP contribution in [0.1, 0.15) is 25.3 Å². The second-order valence-electron chi connectivity index (χ2n) is 7.22. The molecule has 0 aliphatic heterocycles. The molecule has 6 nitrogen and oxygen atoms in total. The van der Waals surface area contributed by atoms with E-state index in [2.05, 4.69) is 10.2 Å². The summed E-state index contributed by atoms with van der Waals surface area (Å²) in [6.45, 7) is 5.03. The number of sulfonamides is 1. The van der Waals surface area contributed by atoms with Gasteiger partial charge in [0, 0.05) is 25.8 Å². The van der Waals surface area contributed by atoms with Gasteiger partial charge in [-0.25, -0.2) is 8.42 Å². The molecule has 0 bridgehead atoms. The van der Waals surface area contributed by atoms with Crippen molar-refractivity contribution in [1.82, 2.24) is 5.32 Å². The van der Waals surface area contributed by atoms with Crippen LogP contribution in [-0.2, 0) is 14.8 Å². The van der Waals surface area contributed by atoms with Gasteiger partial charge >= 0.3 is 0 Å². The van der Waals surface area contributed by atoms with Crippen molar-refractivity contribution in [2.75, 3.05) is 35.6 Å². The van der Waals surface area contributed by atoms with Gasteiger partial charge in [-0.05, 0) is 44.0 Å². The lowest BCUT2D eigenvalue weighted by atomic mass is 10.1. The predicted octanol–water partition coefficient (Wildman–Crippen LogP) is 3.18. The molecule has 0 heterocycles. The summed E-state index contributed by atoms with van der Waals surface area (Å²) >= 11 is 0. The molecule has 2 aromatic rings. The van der Waals surface area contributed by atoms with E-state index in [0.717, 1.165) is 30.5 Å². The van der Waals surface area contributed by atoms with Gasteiger partial charge in [0.15, 0.2) is 0 Å². The van der Waals surface area contributed by atoms with Crippen molar-refractivity contribution in [3.8, 4) is 0 Å². The third kappa shape index (κ3) is 6.49. The molecule has 0 saturated heterocycles. The van der Waals surface area contributed by atoms with Crippen LogP contribution < -0.4 is 14.5 Å². The van der Waals surface area contributed by atoms with E-state index in [1.165, 1.54) is 4.31 Å². The molecule has 1 N–H and O–H groups in total. The number of nitrogens with one attached hydrogen (secondary N) is 1. The molecule has 29 heavy (non-hydrogen) atoms. The van der Waals surface area contributed by atoms with Crippen molar-refractivity contribution >= 4 is 27.3 Å². The summed E-state index contributed by atoms with van der Waals surface area (Å²) in [4.78, 5) is 14.9. The van der Waals surface area contributed by atoms with Gasteiger partial charge < -0.3 is 10.2 Å². The number of aryl methyl sites for hydroxylation is 1. The SMILES string of the molecule is CC[C@H](C(=O)NCCCN(C)c1ccccc1)N(c1ccc(C)cc1)S(C)(=O)=O. The Morgan fingerprint density at radius 2 is 1.66 bits per heavy atom. The molecule has 0 unspecified atom stereocenters. The van der Waals surface area contributed by atoms with Crippen molar-refractivity contribution in [1.29, 1.82) is 0 Å². The van der Waals surface area contributed by atoms with Crippen LogP contribution in [-0.4, -0.2) is 46.8 Å². The largest absolute Gasteiger partial charge is 0.375 e. The fraction of sp³-hybridized carbons (Fsp3) is 0.409. The Bertz CT molecular complexity index is 883. The normalized spacial score (nSPS) is 12.3. The minimum Gasteiger partial charge on any atom is -0.375 e. The van der Waals surface area contributed by atoms with Crippen LogP contribution in [0.2, 0.25) is 0 Å². The quantitative estimate of drug-likeness (QED) is 0.603. The molecule has 0 aliphatic rings. The molecule has 0 fully saturated rings. The van der Waals surface area contributed by atoms with E-state index in [9.17, 15) is 13.2 Å². The minimum atomic E-state index is -3.60. The summed E-state index contributed by atoms with van der Waals surface area (Å²) in [7, 11) is -1.59. The number of nitrogens with zero attached hydrogens (tertiary/aromatic N) is 2. The van der Waals surface area contributed by atoms with Gasteiger partial charge in [-0.2, -0.15) is 0 Å². The average Bonchev–Trinajstić information content (AvgIpc) is 2.69. The number of hydrogen-bond acceptors (Lipinski definition) is 4. The first-order chi connectivity index (χ1) is 13.7. The Hall–Kier alpha value is -2.54. The minimum absolute atomic E-state index is 0.277. The van der Waals surface area contributed by atoms with Crippen molar-refractivity contribution in [3.05, 3.63) is 60.2 Å². The lowest BCUT2D eigenvalue weighted by Gasteiger charge is -2.30. The molecular formula is C22H31N3O3S. The smallest absolute Gasteiger partial charge is 0.243 e. The molecule has 0 aromatic heterocycles. The second kappa shape index (κ2) is 10.3. The second-order valence-corrected chi connectivity index (χ2v) is 9.08. The number of carbonyl (C=O) groups is 1. The molecule has 1 amide bonds. The first-order valence-electron chi connectivity index (χ1n) is 9.84. The lowest BCUT2D eigenvalue weighted by Crippen LogP contribution is -2.49. The molecular weight excluding hydrogens is 386 g/mol. The van der Waals surface area contributed by atoms with Crippen molar-refractivity contribution in [2.24, 2.45) is 0 Å². The summed E-state index contributed by atoms with van der Waals surface area (Å²) < 4.78 is 26.1. The van der Waals surface area contributed by atoms with Crippen molar-refractivity contribution < 1.29 is 13.2 Å². The number of hydrogen-bond donors (Lipinski definition) is 1. The van der Waals surface area contributed by atoms with E-state index in [0.29, 0.717) is 18.7 Å². The number of anilines is 2. The number of carbonyl (C=O) groups excluding carboxylic acids is 1. The van der Waals surface area contributed by atoms with E-state index in [4.69, 9.17) is 0 Å². The highest BCUT2D eigenvalue weighted by atomic mass is 32.2. The fourth-order valence-corrected chi connectivity index (χ4v) is 4.42. The maximum Gasteiger partial charge on any atom is 0.243 e. The molecule has 2 rings (SSSR count). The highest BCUT2D eigenvalue weighted by molar-refractivity contribution is 7.92. The summed E-state index contributed by atoms with van der Waals surface area (Å²) in [6.07, 6.45) is 2.28. The third-order valence-corrected chi connectivity index (χ3v) is 5.96. The van der Waals surface area contributed by atoms with Gasteiger partial charge in [0.05, 0.1) is 11.9 Å². The first-order valence-corrected chi connectivity index (χ1v) is 11.7. The Morgan fingerprint density at radius 1 is 1.03 bits per heavy atom. The van der Waals surface area contributed by atoms with E-state index in [-0.39, 0.29) is 5.91 Å². The topological polar surface area (TPSA) is 69.7 Å². The Balaban J connectivity index is 1.99. The number of benzene rings is 2. The van der Waals surface area contributed by atoms with Crippen LogP contribution in [0.5, 0.6) is 0 Å². The predicted molar refractivity (Wildman–Crippen MR) is 120 cm³/mol. The van der Waals surface area contributed by atoms with Gasteiger partial charge in [-0.1, -0.05) is 42.8 Å². The standard InChI is InChI=1S/C22H31N3O3S/c1-5-21(25(29(4,27)28)20-14-12-18(2)13-15-20)22(26)23-16-9-17-24(3)19-10-7-6-8-11-19/h6-8,10-15,21H,5,9,16-17H2,1-4H3,(H,23,26)/t21-/m1/s1. The van der Waals surface area contributed by atoms with Crippen molar-refractivity contribution in [2.45, 2.75) is 32.7 Å². The first kappa shape index (κ1) is 22.7. The Kier molecular flexibility index (Phi) is 8.08. The zero-order valence-electron chi connectivity index (χ0n) is 17.6. The third-order valence-electron chi connectivity index (χ3n) is 4.78. The summed E-state index contributed by atoms with van der Waals surface area (Å²) in [5.41, 5.74) is 2.65. The number of para-hydroxylation sites is 1. The van der Waals surface area contributed by atoms with Gasteiger partial charge in [0.25, 0.3) is 0 Å². The highest BCUT2D eigenvalue weighted by Crippen LogP contribution is 2.23. The van der Waals surface area contributed by atoms with Crippen molar-refractivity contribution in [3.63, 3.8) is 0 Å². The van der Waals surface area contributed by atoms with Crippen LogP contribution in [0.3, 0.4) is 0 Å². The maximum absolute atomic E-state index is 12.8. The van der Waals surface area contributed by atoms with Crippen LogP contribution in [0.15, 0.2) is 54.6 Å². The number of amides is 1. The van der Waals surface area contributed by atoms with Gasteiger partial charge in [0.2, 0.25) is 15.9 Å². The molecule has 158 valence electrons. The van der Waals surface area contributed by atoms with E-state index >= 15 is 0 Å². The van der Waals surface area contributed by atoms with E-state index < -0.39 is 16.1 Å².